The molecule has 4 atom stereocenters. The lowest BCUT2D eigenvalue weighted by Crippen LogP contribution is -2.60. The van der Waals surface area contributed by atoms with Gasteiger partial charge in [0, 0.05) is 31.2 Å². The number of rotatable bonds is 1. The Bertz CT molecular complexity index is 269. The first-order chi connectivity index (χ1) is 8.39. The number of nitrogens with zero attached hydrogens (tertiary/aromatic N) is 1. The number of hydrogen-bond acceptors (Lipinski definition) is 2. The van der Waals surface area contributed by atoms with Crippen molar-refractivity contribution in [2.75, 3.05) is 13.1 Å². The molecule has 2 rings (SSSR count). The second-order valence-electron chi connectivity index (χ2n) is 7.68. The van der Waals surface area contributed by atoms with Crippen molar-refractivity contribution in [3.05, 3.63) is 0 Å². The molecule has 0 amide bonds. The van der Waals surface area contributed by atoms with Crippen molar-refractivity contribution >= 4 is 0 Å². The highest BCUT2D eigenvalue weighted by Crippen LogP contribution is 2.41. The predicted octanol–water partition coefficient (Wildman–Crippen LogP) is 3.27. The summed E-state index contributed by atoms with van der Waals surface area (Å²) in [5.41, 5.74) is 0.457. The van der Waals surface area contributed by atoms with Gasteiger partial charge in [-0.3, -0.25) is 4.90 Å². The SMILES string of the molecule is CC1CN(C2CCCCC2C(C)(C)C)C(C)CN1. The summed E-state index contributed by atoms with van der Waals surface area (Å²) in [4.78, 5) is 2.82. The van der Waals surface area contributed by atoms with Crippen molar-refractivity contribution in [1.82, 2.24) is 10.2 Å². The van der Waals surface area contributed by atoms with Gasteiger partial charge in [-0.2, -0.15) is 0 Å². The quantitative estimate of drug-likeness (QED) is 0.770. The number of hydrogen-bond donors (Lipinski definition) is 1. The van der Waals surface area contributed by atoms with Gasteiger partial charge in [0.1, 0.15) is 0 Å². The Labute approximate surface area is 114 Å². The van der Waals surface area contributed by atoms with Crippen LogP contribution in [0.5, 0.6) is 0 Å². The molecule has 0 bridgehead atoms. The van der Waals surface area contributed by atoms with Crippen molar-refractivity contribution < 1.29 is 0 Å². The summed E-state index contributed by atoms with van der Waals surface area (Å²) in [6, 6.07) is 2.18. The van der Waals surface area contributed by atoms with Gasteiger partial charge in [-0.1, -0.05) is 33.6 Å². The maximum absolute atomic E-state index is 3.61. The fourth-order valence-corrected chi connectivity index (χ4v) is 4.03. The average Bonchev–Trinajstić information content (AvgIpc) is 2.31. The van der Waals surface area contributed by atoms with E-state index in [4.69, 9.17) is 0 Å². The summed E-state index contributed by atoms with van der Waals surface area (Å²) >= 11 is 0. The Balaban J connectivity index is 2.12. The minimum absolute atomic E-state index is 0.457. The van der Waals surface area contributed by atoms with Crippen LogP contribution < -0.4 is 5.32 Å². The van der Waals surface area contributed by atoms with E-state index in [-0.39, 0.29) is 0 Å². The van der Waals surface area contributed by atoms with E-state index >= 15 is 0 Å². The highest BCUT2D eigenvalue weighted by Gasteiger charge is 2.39. The molecule has 2 fully saturated rings. The summed E-state index contributed by atoms with van der Waals surface area (Å²) in [6.07, 6.45) is 5.72. The molecule has 0 radical (unpaired) electrons. The van der Waals surface area contributed by atoms with Crippen LogP contribution in [0.2, 0.25) is 0 Å². The second kappa shape index (κ2) is 5.50. The van der Waals surface area contributed by atoms with E-state index in [9.17, 15) is 0 Å². The van der Waals surface area contributed by atoms with Crippen LogP contribution >= 0.6 is 0 Å². The van der Waals surface area contributed by atoms with Crippen LogP contribution in [0, 0.1) is 11.3 Å². The molecule has 0 aromatic carbocycles. The van der Waals surface area contributed by atoms with E-state index < -0.39 is 0 Å². The summed E-state index contributed by atoms with van der Waals surface area (Å²) in [5, 5.41) is 3.61. The Morgan fingerprint density at radius 1 is 1.06 bits per heavy atom. The monoisotopic (exact) mass is 252 g/mol. The minimum Gasteiger partial charge on any atom is -0.311 e. The average molecular weight is 252 g/mol. The molecule has 1 aliphatic carbocycles. The molecule has 2 aliphatic rings. The molecule has 4 unspecified atom stereocenters. The predicted molar refractivity (Wildman–Crippen MR) is 78.8 cm³/mol. The molecular formula is C16H32N2. The van der Waals surface area contributed by atoms with Gasteiger partial charge in [0.05, 0.1) is 0 Å². The van der Waals surface area contributed by atoms with Crippen LogP contribution in [0.4, 0.5) is 0 Å². The zero-order valence-corrected chi connectivity index (χ0v) is 13.0. The van der Waals surface area contributed by atoms with Crippen molar-refractivity contribution in [2.45, 2.75) is 78.4 Å². The molecule has 0 spiro atoms. The molecule has 18 heavy (non-hydrogen) atoms. The highest BCUT2D eigenvalue weighted by atomic mass is 15.3. The number of nitrogens with one attached hydrogen (secondary N) is 1. The van der Waals surface area contributed by atoms with Crippen LogP contribution in [0.25, 0.3) is 0 Å². The molecule has 106 valence electrons. The van der Waals surface area contributed by atoms with Gasteiger partial charge in [-0.15, -0.1) is 0 Å². The Hall–Kier alpha value is -0.0800. The minimum atomic E-state index is 0.457. The van der Waals surface area contributed by atoms with E-state index in [1.54, 1.807) is 0 Å². The van der Waals surface area contributed by atoms with Crippen molar-refractivity contribution in [3.8, 4) is 0 Å². The molecule has 0 aromatic heterocycles. The Kier molecular flexibility index (Phi) is 4.38. The van der Waals surface area contributed by atoms with Crippen molar-refractivity contribution in [3.63, 3.8) is 0 Å². The van der Waals surface area contributed by atoms with Gasteiger partial charge >= 0.3 is 0 Å². The first-order valence-electron chi connectivity index (χ1n) is 7.88. The van der Waals surface area contributed by atoms with Crippen LogP contribution in [-0.2, 0) is 0 Å². The maximum atomic E-state index is 3.61. The van der Waals surface area contributed by atoms with Crippen LogP contribution in [0.15, 0.2) is 0 Å². The molecule has 1 N–H and O–H groups in total. The second-order valence-corrected chi connectivity index (χ2v) is 7.68. The first-order valence-corrected chi connectivity index (χ1v) is 7.88. The largest absolute Gasteiger partial charge is 0.311 e. The zero-order chi connectivity index (χ0) is 13.3. The molecule has 1 aliphatic heterocycles. The summed E-state index contributed by atoms with van der Waals surface area (Å²) in [5.74, 6) is 0.874. The third-order valence-electron chi connectivity index (χ3n) is 5.08. The standard InChI is InChI=1S/C16H32N2/c1-12-11-18(13(2)10-17-12)15-9-7-6-8-14(15)16(3,4)5/h12-15,17H,6-11H2,1-5H3. The number of piperazine rings is 1. The van der Waals surface area contributed by atoms with E-state index in [2.05, 4.69) is 44.8 Å². The van der Waals surface area contributed by atoms with Crippen LogP contribution in [0.1, 0.15) is 60.3 Å². The molecule has 1 saturated carbocycles. The van der Waals surface area contributed by atoms with Gasteiger partial charge in [0.25, 0.3) is 0 Å². The fourth-order valence-electron chi connectivity index (χ4n) is 4.03. The van der Waals surface area contributed by atoms with E-state index in [0.29, 0.717) is 17.5 Å². The van der Waals surface area contributed by atoms with Crippen molar-refractivity contribution in [2.24, 2.45) is 11.3 Å². The molecule has 0 aromatic rings. The fraction of sp³-hybridized carbons (Fsp3) is 1.00. The molecular weight excluding hydrogens is 220 g/mol. The van der Waals surface area contributed by atoms with Gasteiger partial charge in [-0.05, 0) is 38.0 Å². The Morgan fingerprint density at radius 2 is 1.72 bits per heavy atom. The van der Waals surface area contributed by atoms with Gasteiger partial charge < -0.3 is 5.32 Å². The van der Waals surface area contributed by atoms with Crippen LogP contribution in [-0.4, -0.2) is 36.1 Å². The molecule has 2 heteroatoms. The third kappa shape index (κ3) is 3.08. The molecule has 2 nitrogen and oxygen atoms in total. The lowest BCUT2D eigenvalue weighted by atomic mass is 9.68. The zero-order valence-electron chi connectivity index (χ0n) is 13.0. The first kappa shape index (κ1) is 14.3. The van der Waals surface area contributed by atoms with Gasteiger partial charge in [0.15, 0.2) is 0 Å². The maximum Gasteiger partial charge on any atom is 0.0196 e. The van der Waals surface area contributed by atoms with E-state index in [1.165, 1.54) is 32.2 Å². The summed E-state index contributed by atoms with van der Waals surface area (Å²) in [6.45, 7) is 14.4. The van der Waals surface area contributed by atoms with E-state index in [0.717, 1.165) is 18.5 Å². The lowest BCUT2D eigenvalue weighted by Gasteiger charge is -2.50. The normalized spacial score (nSPS) is 39.8. The Morgan fingerprint density at radius 3 is 2.39 bits per heavy atom. The lowest BCUT2D eigenvalue weighted by molar-refractivity contribution is 0.000652. The summed E-state index contributed by atoms with van der Waals surface area (Å²) in [7, 11) is 0. The van der Waals surface area contributed by atoms with E-state index in [1.807, 2.05) is 0 Å². The van der Waals surface area contributed by atoms with Gasteiger partial charge in [0.2, 0.25) is 0 Å². The highest BCUT2D eigenvalue weighted by molar-refractivity contribution is 4.94. The van der Waals surface area contributed by atoms with Gasteiger partial charge in [-0.25, -0.2) is 0 Å². The molecule has 1 heterocycles. The summed E-state index contributed by atoms with van der Waals surface area (Å²) < 4.78 is 0. The third-order valence-corrected chi connectivity index (χ3v) is 5.08. The smallest absolute Gasteiger partial charge is 0.0196 e. The van der Waals surface area contributed by atoms with Crippen molar-refractivity contribution in [1.29, 1.82) is 0 Å². The van der Waals surface area contributed by atoms with Crippen LogP contribution in [0.3, 0.4) is 0 Å². The topological polar surface area (TPSA) is 15.3 Å². The molecule has 1 saturated heterocycles.